The van der Waals surface area contributed by atoms with Gasteiger partial charge in [0, 0.05) is 34.8 Å². The van der Waals surface area contributed by atoms with Crippen molar-refractivity contribution in [2.75, 3.05) is 0 Å². The Morgan fingerprint density at radius 3 is 2.83 bits per heavy atom. The van der Waals surface area contributed by atoms with Crippen LogP contribution in [-0.2, 0) is 13.5 Å². The molecular weight excluding hydrogens is 364 g/mol. The molecule has 0 aromatic carbocycles. The summed E-state index contributed by atoms with van der Waals surface area (Å²) in [4.78, 5) is 4.36. The summed E-state index contributed by atoms with van der Waals surface area (Å²) in [7, 11) is 1.83. The average molecular weight is 376 g/mol. The fourth-order valence-electron chi connectivity index (χ4n) is 1.61. The minimum Gasteiger partial charge on any atom is -0.271 e. The zero-order valence-electron chi connectivity index (χ0n) is 9.64. The smallest absolute Gasteiger partial charge is 0.0847 e. The summed E-state index contributed by atoms with van der Waals surface area (Å²) in [6.07, 6.45) is 4.22. The number of nitrogens with zero attached hydrogens (tertiary/aromatic N) is 4. The van der Waals surface area contributed by atoms with Crippen LogP contribution in [0.25, 0.3) is 0 Å². The zero-order chi connectivity index (χ0) is 13.1. The van der Waals surface area contributed by atoms with Gasteiger partial charge in [-0.05, 0) is 37.9 Å². The number of rotatable bonds is 4. The quantitative estimate of drug-likeness (QED) is 0.624. The van der Waals surface area contributed by atoms with E-state index in [1.54, 1.807) is 10.9 Å². The van der Waals surface area contributed by atoms with Crippen molar-refractivity contribution in [3.63, 3.8) is 0 Å². The van der Waals surface area contributed by atoms with Crippen LogP contribution < -0.4 is 11.3 Å². The van der Waals surface area contributed by atoms with E-state index in [1.807, 2.05) is 19.3 Å². The van der Waals surface area contributed by atoms with Gasteiger partial charge in [-0.1, -0.05) is 5.21 Å². The van der Waals surface area contributed by atoms with Crippen LogP contribution in [-0.4, -0.2) is 20.0 Å². The second kappa shape index (κ2) is 5.87. The molecule has 0 radical (unpaired) electrons. The topological polar surface area (TPSA) is 81.7 Å². The second-order valence-electron chi connectivity index (χ2n) is 3.83. The molecule has 96 valence electrons. The van der Waals surface area contributed by atoms with Crippen molar-refractivity contribution in [2.24, 2.45) is 12.9 Å². The lowest BCUT2D eigenvalue weighted by Crippen LogP contribution is -2.30. The number of halogens is 2. The molecule has 0 saturated carbocycles. The van der Waals surface area contributed by atoms with E-state index in [0.717, 1.165) is 20.3 Å². The maximum atomic E-state index is 5.59. The van der Waals surface area contributed by atoms with Crippen LogP contribution in [0.5, 0.6) is 0 Å². The number of nitrogens with one attached hydrogen (secondary N) is 1. The Kier molecular flexibility index (Phi) is 4.44. The summed E-state index contributed by atoms with van der Waals surface area (Å²) in [6.45, 7) is 0. The van der Waals surface area contributed by atoms with Crippen molar-refractivity contribution in [1.82, 2.24) is 25.4 Å². The highest BCUT2D eigenvalue weighted by molar-refractivity contribution is 9.11. The number of hydrazine groups is 1. The normalized spacial score (nSPS) is 12.7. The lowest BCUT2D eigenvalue weighted by molar-refractivity contribution is 0.530. The summed E-state index contributed by atoms with van der Waals surface area (Å²) in [6, 6.07) is 1.81. The third-order valence-electron chi connectivity index (χ3n) is 2.43. The highest BCUT2D eigenvalue weighted by atomic mass is 79.9. The van der Waals surface area contributed by atoms with Gasteiger partial charge in [0.05, 0.1) is 17.4 Å². The lowest BCUT2D eigenvalue weighted by atomic mass is 10.1. The Balaban J connectivity index is 2.22. The highest BCUT2D eigenvalue weighted by Gasteiger charge is 2.17. The monoisotopic (exact) mass is 374 g/mol. The van der Waals surface area contributed by atoms with E-state index in [1.165, 1.54) is 0 Å². The zero-order valence-corrected chi connectivity index (χ0v) is 12.8. The summed E-state index contributed by atoms with van der Waals surface area (Å²) in [5.74, 6) is 5.59. The van der Waals surface area contributed by atoms with Crippen molar-refractivity contribution >= 4 is 31.9 Å². The number of hydrogen-bond acceptors (Lipinski definition) is 5. The lowest BCUT2D eigenvalue weighted by Gasteiger charge is -2.15. The first-order valence-electron chi connectivity index (χ1n) is 5.22. The van der Waals surface area contributed by atoms with Gasteiger partial charge in [-0.2, -0.15) is 0 Å². The van der Waals surface area contributed by atoms with E-state index >= 15 is 0 Å². The number of aromatic nitrogens is 4. The van der Waals surface area contributed by atoms with Crippen LogP contribution in [0.3, 0.4) is 0 Å². The SMILES string of the molecule is Cn1cc(CC(NN)c2ncc(Br)cc2Br)nn1. The highest BCUT2D eigenvalue weighted by Crippen LogP contribution is 2.25. The average Bonchev–Trinajstić information content (AvgIpc) is 2.72. The van der Waals surface area contributed by atoms with Crippen LogP contribution in [0.1, 0.15) is 17.4 Å². The summed E-state index contributed by atoms with van der Waals surface area (Å²) in [5, 5.41) is 7.93. The first-order valence-corrected chi connectivity index (χ1v) is 6.81. The summed E-state index contributed by atoms with van der Waals surface area (Å²) in [5.41, 5.74) is 4.45. The van der Waals surface area contributed by atoms with Crippen LogP contribution in [0.2, 0.25) is 0 Å². The molecular formula is C10H12Br2N6. The molecule has 0 aliphatic carbocycles. The van der Waals surface area contributed by atoms with Crippen molar-refractivity contribution in [1.29, 1.82) is 0 Å². The minimum atomic E-state index is -0.121. The molecule has 8 heteroatoms. The van der Waals surface area contributed by atoms with Crippen LogP contribution in [0.4, 0.5) is 0 Å². The van der Waals surface area contributed by atoms with Crippen molar-refractivity contribution in [3.05, 3.63) is 38.8 Å². The van der Waals surface area contributed by atoms with Crippen LogP contribution in [0, 0.1) is 0 Å². The summed E-state index contributed by atoms with van der Waals surface area (Å²) < 4.78 is 3.46. The van der Waals surface area contributed by atoms with E-state index in [2.05, 4.69) is 52.6 Å². The van der Waals surface area contributed by atoms with Gasteiger partial charge in [-0.25, -0.2) is 0 Å². The van der Waals surface area contributed by atoms with Gasteiger partial charge in [0.25, 0.3) is 0 Å². The molecule has 2 aromatic heterocycles. The molecule has 1 unspecified atom stereocenters. The fourth-order valence-corrected chi connectivity index (χ4v) is 2.88. The second-order valence-corrected chi connectivity index (χ2v) is 5.60. The van der Waals surface area contributed by atoms with Crippen molar-refractivity contribution in [3.8, 4) is 0 Å². The Morgan fingerprint density at radius 2 is 2.28 bits per heavy atom. The molecule has 2 rings (SSSR count). The number of pyridine rings is 1. The molecule has 3 N–H and O–H groups in total. The van der Waals surface area contributed by atoms with Crippen molar-refractivity contribution in [2.45, 2.75) is 12.5 Å². The molecule has 0 aliphatic heterocycles. The van der Waals surface area contributed by atoms with Gasteiger partial charge in [-0.15, -0.1) is 5.10 Å². The third-order valence-corrected chi connectivity index (χ3v) is 3.50. The van der Waals surface area contributed by atoms with Crippen molar-refractivity contribution < 1.29 is 0 Å². The van der Waals surface area contributed by atoms with E-state index in [-0.39, 0.29) is 6.04 Å². The van der Waals surface area contributed by atoms with Gasteiger partial charge in [-0.3, -0.25) is 20.9 Å². The van der Waals surface area contributed by atoms with Gasteiger partial charge >= 0.3 is 0 Å². The standard InChI is InChI=1S/C10H12Br2N6/c1-18-5-7(16-17-18)3-9(15-13)10-8(12)2-6(11)4-14-10/h2,4-5,9,15H,3,13H2,1H3. The molecule has 0 amide bonds. The maximum absolute atomic E-state index is 5.59. The Morgan fingerprint density at radius 1 is 1.50 bits per heavy atom. The predicted octanol–water partition coefficient (Wildman–Crippen LogP) is 1.48. The molecule has 2 heterocycles. The maximum Gasteiger partial charge on any atom is 0.0847 e. The first-order chi connectivity index (χ1) is 8.60. The molecule has 2 aromatic rings. The van der Waals surface area contributed by atoms with E-state index in [0.29, 0.717) is 6.42 Å². The van der Waals surface area contributed by atoms with E-state index < -0.39 is 0 Å². The van der Waals surface area contributed by atoms with Crippen LogP contribution in [0.15, 0.2) is 27.4 Å². The van der Waals surface area contributed by atoms with Gasteiger partial charge in [0.15, 0.2) is 0 Å². The molecule has 18 heavy (non-hydrogen) atoms. The number of nitrogens with two attached hydrogens (primary N) is 1. The molecule has 0 fully saturated rings. The molecule has 0 saturated heterocycles. The Labute approximate surface area is 121 Å². The fraction of sp³-hybridized carbons (Fsp3) is 0.300. The molecule has 0 aliphatic rings. The van der Waals surface area contributed by atoms with E-state index in [4.69, 9.17) is 5.84 Å². The van der Waals surface area contributed by atoms with E-state index in [9.17, 15) is 0 Å². The third kappa shape index (κ3) is 3.14. The minimum absolute atomic E-state index is 0.121. The van der Waals surface area contributed by atoms with Gasteiger partial charge in [0.1, 0.15) is 0 Å². The van der Waals surface area contributed by atoms with Gasteiger partial charge in [0.2, 0.25) is 0 Å². The molecule has 6 nitrogen and oxygen atoms in total. The number of aryl methyl sites for hydroxylation is 1. The first kappa shape index (κ1) is 13.6. The van der Waals surface area contributed by atoms with Gasteiger partial charge < -0.3 is 0 Å². The molecule has 1 atom stereocenters. The largest absolute Gasteiger partial charge is 0.271 e. The summed E-state index contributed by atoms with van der Waals surface area (Å²) >= 11 is 6.85. The van der Waals surface area contributed by atoms with Crippen LogP contribution >= 0.6 is 31.9 Å². The predicted molar refractivity (Wildman–Crippen MR) is 74.4 cm³/mol. The number of hydrogen-bond donors (Lipinski definition) is 2. The molecule has 0 spiro atoms. The molecule has 0 bridgehead atoms. The Hall–Kier alpha value is -0.830. The Bertz CT molecular complexity index is 541.